The van der Waals surface area contributed by atoms with Crippen molar-refractivity contribution in [3.63, 3.8) is 0 Å². The van der Waals surface area contributed by atoms with Gasteiger partial charge < -0.3 is 0 Å². The Morgan fingerprint density at radius 2 is 2.24 bits per heavy atom. The lowest BCUT2D eigenvalue weighted by Gasteiger charge is -2.36. The molecule has 17 heavy (non-hydrogen) atoms. The Bertz CT molecular complexity index is 377. The van der Waals surface area contributed by atoms with Gasteiger partial charge in [-0.05, 0) is 19.1 Å². The average molecular weight is 232 g/mol. The Morgan fingerprint density at radius 1 is 1.41 bits per heavy atom. The van der Waals surface area contributed by atoms with Crippen LogP contribution in [0, 0.1) is 5.92 Å². The van der Waals surface area contributed by atoms with Crippen LogP contribution in [0.4, 0.5) is 0 Å². The minimum Gasteiger partial charge on any atom is -0.299 e. The molecule has 1 aromatic heterocycles. The monoisotopic (exact) mass is 232 g/mol. The van der Waals surface area contributed by atoms with E-state index in [1.807, 2.05) is 25.3 Å². The molecule has 1 aliphatic rings. The van der Waals surface area contributed by atoms with Gasteiger partial charge in [0.05, 0.1) is 0 Å². The molecule has 1 fully saturated rings. The Balaban J connectivity index is 1.89. The molecule has 2 heterocycles. The van der Waals surface area contributed by atoms with E-state index in [0.29, 0.717) is 18.2 Å². The highest BCUT2D eigenvalue weighted by Gasteiger charge is 2.30. The Labute approximate surface area is 103 Å². The highest BCUT2D eigenvalue weighted by atomic mass is 16.1. The van der Waals surface area contributed by atoms with Gasteiger partial charge >= 0.3 is 0 Å². The van der Waals surface area contributed by atoms with Crippen LogP contribution in [-0.4, -0.2) is 34.8 Å². The highest BCUT2D eigenvalue weighted by Crippen LogP contribution is 2.20. The van der Waals surface area contributed by atoms with E-state index in [1.54, 1.807) is 0 Å². The number of likely N-dealkylation sites (tertiary alicyclic amines) is 1. The molecule has 2 atom stereocenters. The van der Waals surface area contributed by atoms with Gasteiger partial charge in [-0.3, -0.25) is 14.7 Å². The van der Waals surface area contributed by atoms with Crippen molar-refractivity contribution >= 4 is 5.78 Å². The van der Waals surface area contributed by atoms with E-state index in [1.165, 1.54) is 0 Å². The van der Waals surface area contributed by atoms with Crippen LogP contribution < -0.4 is 0 Å². The number of rotatable bonds is 3. The summed E-state index contributed by atoms with van der Waals surface area (Å²) in [4.78, 5) is 18.3. The third-order valence-corrected chi connectivity index (χ3v) is 3.83. The van der Waals surface area contributed by atoms with Crippen molar-refractivity contribution in [2.24, 2.45) is 5.92 Å². The molecular formula is C14H20N2O. The first-order valence-corrected chi connectivity index (χ1v) is 6.35. The molecule has 1 saturated heterocycles. The minimum absolute atomic E-state index is 0.174. The van der Waals surface area contributed by atoms with Crippen LogP contribution in [-0.2, 0) is 11.2 Å². The molecule has 2 unspecified atom stereocenters. The lowest BCUT2D eigenvalue weighted by atomic mass is 9.90. The topological polar surface area (TPSA) is 33.2 Å². The summed E-state index contributed by atoms with van der Waals surface area (Å²) in [5, 5.41) is 0. The van der Waals surface area contributed by atoms with Crippen molar-refractivity contribution in [3.05, 3.63) is 30.1 Å². The third-order valence-electron chi connectivity index (χ3n) is 3.83. The second-order valence-electron chi connectivity index (χ2n) is 4.85. The predicted molar refractivity (Wildman–Crippen MR) is 67.8 cm³/mol. The fraction of sp³-hybridized carbons (Fsp3) is 0.571. The summed E-state index contributed by atoms with van der Waals surface area (Å²) in [5.74, 6) is 0.582. The lowest BCUT2D eigenvalue weighted by molar-refractivity contribution is -0.127. The zero-order valence-corrected chi connectivity index (χ0v) is 10.6. The minimum atomic E-state index is 0.174. The molecule has 92 valence electrons. The summed E-state index contributed by atoms with van der Waals surface area (Å²) < 4.78 is 0. The number of ketones is 1. The fourth-order valence-electron chi connectivity index (χ4n) is 2.39. The van der Waals surface area contributed by atoms with Gasteiger partial charge in [-0.15, -0.1) is 0 Å². The van der Waals surface area contributed by atoms with Crippen LogP contribution in [0.15, 0.2) is 24.4 Å². The smallest absolute Gasteiger partial charge is 0.138 e. The maximum Gasteiger partial charge on any atom is 0.138 e. The van der Waals surface area contributed by atoms with E-state index in [2.05, 4.69) is 22.9 Å². The van der Waals surface area contributed by atoms with E-state index in [4.69, 9.17) is 0 Å². The summed E-state index contributed by atoms with van der Waals surface area (Å²) >= 11 is 0. The summed E-state index contributed by atoms with van der Waals surface area (Å²) in [5.41, 5.74) is 1.13. The predicted octanol–water partition coefficient (Wildman–Crippen LogP) is 1.92. The normalized spacial score (nSPS) is 26.1. The first-order valence-electron chi connectivity index (χ1n) is 6.35. The van der Waals surface area contributed by atoms with Crippen LogP contribution in [0.3, 0.4) is 0 Å². The van der Waals surface area contributed by atoms with Gasteiger partial charge in [-0.25, -0.2) is 0 Å². The van der Waals surface area contributed by atoms with Gasteiger partial charge in [0.2, 0.25) is 0 Å². The van der Waals surface area contributed by atoms with Crippen molar-refractivity contribution in [1.82, 2.24) is 9.88 Å². The van der Waals surface area contributed by atoms with Gasteiger partial charge in [0, 0.05) is 49.8 Å². The average Bonchev–Trinajstić information content (AvgIpc) is 2.36. The van der Waals surface area contributed by atoms with Gasteiger partial charge in [-0.1, -0.05) is 13.0 Å². The second-order valence-corrected chi connectivity index (χ2v) is 4.85. The number of aromatic nitrogens is 1. The van der Waals surface area contributed by atoms with Crippen molar-refractivity contribution in [2.45, 2.75) is 32.7 Å². The van der Waals surface area contributed by atoms with Gasteiger partial charge in [-0.2, -0.15) is 0 Å². The molecule has 0 amide bonds. The Kier molecular flexibility index (Phi) is 3.89. The third kappa shape index (κ3) is 2.91. The molecule has 2 rings (SSSR count). The summed E-state index contributed by atoms with van der Waals surface area (Å²) in [7, 11) is 0. The molecule has 0 aliphatic carbocycles. The number of carbonyl (C=O) groups is 1. The molecule has 0 N–H and O–H groups in total. The van der Waals surface area contributed by atoms with Crippen LogP contribution in [0.5, 0.6) is 0 Å². The number of Topliss-reactive ketones (excluding diaryl/α,β-unsaturated/α-hetero) is 1. The quantitative estimate of drug-likeness (QED) is 0.798. The molecule has 0 spiro atoms. The first kappa shape index (κ1) is 12.2. The SMILES string of the molecule is CC1C(=O)CCN(CCc2ccccn2)C1C. The van der Waals surface area contributed by atoms with Crippen molar-refractivity contribution in [1.29, 1.82) is 0 Å². The van der Waals surface area contributed by atoms with Crippen LogP contribution in [0.2, 0.25) is 0 Å². The molecule has 3 nitrogen and oxygen atoms in total. The van der Waals surface area contributed by atoms with Crippen LogP contribution >= 0.6 is 0 Å². The number of hydrogen-bond acceptors (Lipinski definition) is 3. The largest absolute Gasteiger partial charge is 0.299 e. The zero-order chi connectivity index (χ0) is 12.3. The molecule has 0 saturated carbocycles. The van der Waals surface area contributed by atoms with Crippen LogP contribution in [0.25, 0.3) is 0 Å². The maximum atomic E-state index is 11.6. The fourth-order valence-corrected chi connectivity index (χ4v) is 2.39. The van der Waals surface area contributed by atoms with Crippen molar-refractivity contribution in [2.75, 3.05) is 13.1 Å². The summed E-state index contributed by atoms with van der Waals surface area (Å²) in [6, 6.07) is 6.38. The molecule has 1 aromatic rings. The summed E-state index contributed by atoms with van der Waals surface area (Å²) in [6.45, 7) is 6.09. The number of pyridine rings is 1. The highest BCUT2D eigenvalue weighted by molar-refractivity contribution is 5.82. The summed E-state index contributed by atoms with van der Waals surface area (Å²) in [6.07, 6.45) is 3.50. The van der Waals surface area contributed by atoms with Gasteiger partial charge in [0.15, 0.2) is 0 Å². The number of nitrogens with zero attached hydrogens (tertiary/aromatic N) is 2. The van der Waals surface area contributed by atoms with Gasteiger partial charge in [0.25, 0.3) is 0 Å². The molecule has 0 bridgehead atoms. The van der Waals surface area contributed by atoms with E-state index in [0.717, 1.165) is 25.2 Å². The zero-order valence-electron chi connectivity index (χ0n) is 10.6. The molecule has 3 heteroatoms. The molecule has 0 aromatic carbocycles. The maximum absolute atomic E-state index is 11.6. The first-order chi connectivity index (χ1) is 8.18. The van der Waals surface area contributed by atoms with Crippen LogP contribution in [0.1, 0.15) is 26.0 Å². The number of hydrogen-bond donors (Lipinski definition) is 0. The number of piperidine rings is 1. The van der Waals surface area contributed by atoms with E-state index in [9.17, 15) is 4.79 Å². The standard InChI is InChI=1S/C14H20N2O/c1-11-12(2)16(10-7-14(11)17)9-6-13-5-3-4-8-15-13/h3-5,8,11-12H,6-7,9-10H2,1-2H3. The lowest BCUT2D eigenvalue weighted by Crippen LogP contribution is -2.47. The van der Waals surface area contributed by atoms with Gasteiger partial charge in [0.1, 0.15) is 5.78 Å². The van der Waals surface area contributed by atoms with E-state index < -0.39 is 0 Å². The Morgan fingerprint density at radius 3 is 2.94 bits per heavy atom. The number of carbonyl (C=O) groups excluding carboxylic acids is 1. The van der Waals surface area contributed by atoms with E-state index in [-0.39, 0.29) is 5.92 Å². The van der Waals surface area contributed by atoms with Crippen molar-refractivity contribution < 1.29 is 4.79 Å². The molecule has 1 aliphatic heterocycles. The van der Waals surface area contributed by atoms with Crippen molar-refractivity contribution in [3.8, 4) is 0 Å². The molecule has 0 radical (unpaired) electrons. The molecular weight excluding hydrogens is 212 g/mol. The second kappa shape index (κ2) is 5.41. The Hall–Kier alpha value is -1.22. The van der Waals surface area contributed by atoms with E-state index >= 15 is 0 Å².